The van der Waals surface area contributed by atoms with Gasteiger partial charge in [0.05, 0.1) is 0 Å². The van der Waals surface area contributed by atoms with Gasteiger partial charge < -0.3 is 10.6 Å². The van der Waals surface area contributed by atoms with Crippen LogP contribution in [0.3, 0.4) is 0 Å². The SMILES string of the molecule is CC(=O)Nc1cccc(CNC(=O)c2c(F)ccc(F)c2F)c1. The summed E-state index contributed by atoms with van der Waals surface area (Å²) >= 11 is 0. The largest absolute Gasteiger partial charge is 0.348 e. The standard InChI is InChI=1S/C16H13F3N2O2/c1-9(22)21-11-4-2-3-10(7-11)8-20-16(23)14-12(17)5-6-13(18)15(14)19/h2-7H,8H2,1H3,(H,20,23)(H,21,22). The van der Waals surface area contributed by atoms with Crippen LogP contribution in [0.15, 0.2) is 36.4 Å². The third-order valence-electron chi connectivity index (χ3n) is 2.97. The van der Waals surface area contributed by atoms with Crippen molar-refractivity contribution < 1.29 is 22.8 Å². The monoisotopic (exact) mass is 322 g/mol. The molecular weight excluding hydrogens is 309 g/mol. The van der Waals surface area contributed by atoms with Gasteiger partial charge in [0.2, 0.25) is 5.91 Å². The summed E-state index contributed by atoms with van der Waals surface area (Å²) in [6.45, 7) is 1.31. The molecule has 0 aliphatic rings. The van der Waals surface area contributed by atoms with Gasteiger partial charge in [0.1, 0.15) is 11.4 Å². The summed E-state index contributed by atoms with van der Waals surface area (Å²) in [6.07, 6.45) is 0. The average Bonchev–Trinajstić information content (AvgIpc) is 2.49. The lowest BCUT2D eigenvalue weighted by atomic mass is 10.1. The first-order chi connectivity index (χ1) is 10.9. The highest BCUT2D eigenvalue weighted by atomic mass is 19.2. The molecule has 2 N–H and O–H groups in total. The molecule has 120 valence electrons. The lowest BCUT2D eigenvalue weighted by Gasteiger charge is -2.09. The highest BCUT2D eigenvalue weighted by Crippen LogP contribution is 2.16. The van der Waals surface area contributed by atoms with Crippen LogP contribution in [0.2, 0.25) is 0 Å². The van der Waals surface area contributed by atoms with Crippen LogP contribution in [0.1, 0.15) is 22.8 Å². The van der Waals surface area contributed by atoms with Crippen molar-refractivity contribution in [3.05, 3.63) is 65.0 Å². The van der Waals surface area contributed by atoms with Crippen molar-refractivity contribution in [1.29, 1.82) is 0 Å². The predicted molar refractivity (Wildman–Crippen MR) is 78.2 cm³/mol. The fraction of sp³-hybridized carbons (Fsp3) is 0.125. The van der Waals surface area contributed by atoms with E-state index in [0.717, 1.165) is 0 Å². The molecule has 2 rings (SSSR count). The molecule has 0 aliphatic carbocycles. The van der Waals surface area contributed by atoms with Crippen LogP contribution >= 0.6 is 0 Å². The van der Waals surface area contributed by atoms with Crippen LogP contribution in [0.5, 0.6) is 0 Å². The second-order valence-corrected chi connectivity index (χ2v) is 4.78. The van der Waals surface area contributed by atoms with Gasteiger partial charge in [-0.2, -0.15) is 0 Å². The summed E-state index contributed by atoms with van der Waals surface area (Å²) in [5, 5.41) is 4.88. The van der Waals surface area contributed by atoms with Gasteiger partial charge in [-0.3, -0.25) is 9.59 Å². The molecule has 0 radical (unpaired) electrons. The first-order valence-electron chi connectivity index (χ1n) is 6.66. The van der Waals surface area contributed by atoms with Gasteiger partial charge in [0.25, 0.3) is 5.91 Å². The molecule has 0 heterocycles. The van der Waals surface area contributed by atoms with E-state index in [1.54, 1.807) is 24.3 Å². The maximum absolute atomic E-state index is 13.5. The third kappa shape index (κ3) is 4.09. The predicted octanol–water partition coefficient (Wildman–Crippen LogP) is 2.99. The Kier molecular flexibility index (Phi) is 5.00. The minimum absolute atomic E-state index is 0.0400. The van der Waals surface area contributed by atoms with E-state index in [2.05, 4.69) is 10.6 Å². The molecule has 2 aromatic rings. The Balaban J connectivity index is 2.11. The summed E-state index contributed by atoms with van der Waals surface area (Å²) in [7, 11) is 0. The van der Waals surface area contributed by atoms with Crippen molar-refractivity contribution in [2.75, 3.05) is 5.32 Å². The molecule has 0 aromatic heterocycles. The molecule has 0 saturated carbocycles. The third-order valence-corrected chi connectivity index (χ3v) is 2.97. The number of rotatable bonds is 4. The van der Waals surface area contributed by atoms with Gasteiger partial charge >= 0.3 is 0 Å². The van der Waals surface area contributed by atoms with E-state index in [1.165, 1.54) is 6.92 Å². The quantitative estimate of drug-likeness (QED) is 0.850. The van der Waals surface area contributed by atoms with Crippen LogP contribution in [0.4, 0.5) is 18.9 Å². The number of carbonyl (C=O) groups is 2. The summed E-state index contributed by atoms with van der Waals surface area (Å²) < 4.78 is 40.1. The Morgan fingerprint density at radius 1 is 1.04 bits per heavy atom. The zero-order valence-electron chi connectivity index (χ0n) is 12.1. The maximum atomic E-state index is 13.5. The molecule has 2 aromatic carbocycles. The normalized spacial score (nSPS) is 10.3. The number of hydrogen-bond donors (Lipinski definition) is 2. The van der Waals surface area contributed by atoms with E-state index in [1.807, 2.05) is 0 Å². The molecule has 0 aliphatic heterocycles. The van der Waals surface area contributed by atoms with Gasteiger partial charge in [-0.25, -0.2) is 13.2 Å². The van der Waals surface area contributed by atoms with Gasteiger partial charge in [-0.05, 0) is 29.8 Å². The summed E-state index contributed by atoms with van der Waals surface area (Å²) in [6, 6.07) is 7.85. The molecule has 0 fully saturated rings. The van der Waals surface area contributed by atoms with Crippen molar-refractivity contribution in [3.8, 4) is 0 Å². The number of benzene rings is 2. The molecule has 0 atom stereocenters. The zero-order chi connectivity index (χ0) is 17.0. The fourth-order valence-corrected chi connectivity index (χ4v) is 1.97. The highest BCUT2D eigenvalue weighted by Gasteiger charge is 2.20. The number of anilines is 1. The van der Waals surface area contributed by atoms with Gasteiger partial charge in [-0.1, -0.05) is 12.1 Å². The lowest BCUT2D eigenvalue weighted by Crippen LogP contribution is -2.25. The fourth-order valence-electron chi connectivity index (χ4n) is 1.97. The van der Waals surface area contributed by atoms with Crippen molar-refractivity contribution in [1.82, 2.24) is 5.32 Å². The topological polar surface area (TPSA) is 58.2 Å². The maximum Gasteiger partial charge on any atom is 0.257 e. The van der Waals surface area contributed by atoms with Crippen molar-refractivity contribution in [2.45, 2.75) is 13.5 Å². The Bertz CT molecular complexity index is 763. The highest BCUT2D eigenvalue weighted by molar-refractivity contribution is 5.94. The lowest BCUT2D eigenvalue weighted by molar-refractivity contribution is -0.114. The van der Waals surface area contributed by atoms with E-state index >= 15 is 0 Å². The minimum Gasteiger partial charge on any atom is -0.348 e. The number of hydrogen-bond acceptors (Lipinski definition) is 2. The Morgan fingerprint density at radius 3 is 2.43 bits per heavy atom. The van der Waals surface area contributed by atoms with Crippen molar-refractivity contribution in [2.24, 2.45) is 0 Å². The van der Waals surface area contributed by atoms with Gasteiger partial charge in [0.15, 0.2) is 11.6 Å². The Morgan fingerprint density at radius 2 is 1.74 bits per heavy atom. The van der Waals surface area contributed by atoms with Gasteiger partial charge in [-0.15, -0.1) is 0 Å². The summed E-state index contributed by atoms with van der Waals surface area (Å²) in [5.74, 6) is -5.30. The van der Waals surface area contributed by atoms with Crippen LogP contribution in [0, 0.1) is 17.5 Å². The molecule has 4 nitrogen and oxygen atoms in total. The first kappa shape index (κ1) is 16.5. The number of nitrogens with one attached hydrogen (secondary N) is 2. The molecule has 0 bridgehead atoms. The van der Waals surface area contributed by atoms with E-state index in [0.29, 0.717) is 23.4 Å². The number of halogens is 3. The van der Waals surface area contributed by atoms with Crippen LogP contribution in [-0.4, -0.2) is 11.8 Å². The van der Waals surface area contributed by atoms with E-state index in [4.69, 9.17) is 0 Å². The van der Waals surface area contributed by atoms with Crippen molar-refractivity contribution >= 4 is 17.5 Å². The number of amides is 2. The van der Waals surface area contributed by atoms with Gasteiger partial charge in [0, 0.05) is 19.2 Å². The smallest absolute Gasteiger partial charge is 0.257 e. The molecule has 0 spiro atoms. The molecular formula is C16H13F3N2O2. The van der Waals surface area contributed by atoms with E-state index in [-0.39, 0.29) is 12.5 Å². The number of carbonyl (C=O) groups excluding carboxylic acids is 2. The zero-order valence-corrected chi connectivity index (χ0v) is 12.1. The van der Waals surface area contributed by atoms with E-state index in [9.17, 15) is 22.8 Å². The Labute approximate surface area is 130 Å². The van der Waals surface area contributed by atoms with Crippen LogP contribution in [-0.2, 0) is 11.3 Å². The summed E-state index contributed by atoms with van der Waals surface area (Å²) in [4.78, 5) is 22.8. The average molecular weight is 322 g/mol. The van der Waals surface area contributed by atoms with Crippen LogP contribution in [0.25, 0.3) is 0 Å². The van der Waals surface area contributed by atoms with Crippen LogP contribution < -0.4 is 10.6 Å². The summed E-state index contributed by atoms with van der Waals surface area (Å²) in [5.41, 5.74) is 0.150. The Hall–Kier alpha value is -2.83. The molecule has 2 amide bonds. The first-order valence-corrected chi connectivity index (χ1v) is 6.66. The van der Waals surface area contributed by atoms with Crippen molar-refractivity contribution in [3.63, 3.8) is 0 Å². The minimum atomic E-state index is -1.53. The molecule has 7 heteroatoms. The second-order valence-electron chi connectivity index (χ2n) is 4.78. The second kappa shape index (κ2) is 6.95. The molecule has 0 unspecified atom stereocenters. The van der Waals surface area contributed by atoms with E-state index < -0.39 is 28.9 Å². The molecule has 23 heavy (non-hydrogen) atoms. The molecule has 0 saturated heterocycles.